The van der Waals surface area contributed by atoms with E-state index < -0.39 is 0 Å². The number of ether oxygens (including phenoxy) is 1. The van der Waals surface area contributed by atoms with Gasteiger partial charge in [0.15, 0.2) is 0 Å². The van der Waals surface area contributed by atoms with Crippen LogP contribution in [0.15, 0.2) is 12.2 Å². The molecule has 0 bridgehead atoms. The molecule has 0 rings (SSSR count). The third kappa shape index (κ3) is 25.0. The van der Waals surface area contributed by atoms with Gasteiger partial charge in [-0.15, -0.1) is 0 Å². The van der Waals surface area contributed by atoms with Gasteiger partial charge in [-0.25, -0.2) is 0 Å². The Kier molecular flexibility index (Phi) is 24.2. The molecule has 0 atom stereocenters. The minimum absolute atomic E-state index is 0.0772. The van der Waals surface area contributed by atoms with Crippen LogP contribution in [0.2, 0.25) is 0 Å². The van der Waals surface area contributed by atoms with E-state index in [1.54, 1.807) is 0 Å². The minimum atomic E-state index is -0.0772. The molecule has 3 heteroatoms. The number of esters is 1. The third-order valence-corrected chi connectivity index (χ3v) is 5.88. The molecule has 0 fully saturated rings. The van der Waals surface area contributed by atoms with E-state index in [-0.39, 0.29) is 5.97 Å². The Balaban J connectivity index is 3.31. The molecule has 0 heterocycles. The van der Waals surface area contributed by atoms with E-state index in [1.165, 1.54) is 70.6 Å². The number of rotatable bonds is 24. The van der Waals surface area contributed by atoms with Gasteiger partial charge in [0.2, 0.25) is 0 Å². The predicted molar refractivity (Wildman–Crippen MR) is 133 cm³/mol. The summed E-state index contributed by atoms with van der Waals surface area (Å²) in [5.74, 6) is 0.373. The van der Waals surface area contributed by atoms with Crippen molar-refractivity contribution in [2.45, 2.75) is 149 Å². The lowest BCUT2D eigenvalue weighted by molar-refractivity contribution is -0.142. The molecule has 0 saturated carbocycles. The predicted octanol–water partition coefficient (Wildman–Crippen LogP) is 8.89. The molecular formula is C28H52O3. The highest BCUT2D eigenvalue weighted by atomic mass is 16.5. The number of Topliss-reactive ketones (excluding diaryl/α,β-unsaturated/α-hetero) is 1. The lowest BCUT2D eigenvalue weighted by Crippen LogP contribution is -2.04. The molecule has 0 aromatic rings. The van der Waals surface area contributed by atoms with Crippen molar-refractivity contribution in [2.24, 2.45) is 0 Å². The number of unbranched alkanes of at least 4 members (excludes halogenated alkanes) is 15. The van der Waals surface area contributed by atoms with Crippen LogP contribution in [0, 0.1) is 0 Å². The number of hydrogen-bond acceptors (Lipinski definition) is 3. The average molecular weight is 437 g/mol. The fraction of sp³-hybridized carbons (Fsp3) is 0.857. The summed E-state index contributed by atoms with van der Waals surface area (Å²) in [6.45, 7) is 4.88. The van der Waals surface area contributed by atoms with Gasteiger partial charge in [0.1, 0.15) is 12.4 Å². The van der Waals surface area contributed by atoms with Crippen LogP contribution in [-0.4, -0.2) is 18.4 Å². The van der Waals surface area contributed by atoms with Crippen LogP contribution in [0.25, 0.3) is 0 Å². The first-order valence-corrected chi connectivity index (χ1v) is 13.5. The normalized spacial score (nSPS) is 11.3. The van der Waals surface area contributed by atoms with Crippen LogP contribution in [0.5, 0.6) is 0 Å². The number of carbonyl (C=O) groups is 2. The molecule has 0 saturated heterocycles. The zero-order chi connectivity index (χ0) is 22.8. The summed E-state index contributed by atoms with van der Waals surface area (Å²) in [6, 6.07) is 0. The molecule has 0 aromatic heterocycles. The minimum Gasteiger partial charge on any atom is -0.461 e. The third-order valence-electron chi connectivity index (χ3n) is 5.88. The summed E-state index contributed by atoms with van der Waals surface area (Å²) < 4.78 is 5.24. The van der Waals surface area contributed by atoms with Gasteiger partial charge in [-0.1, -0.05) is 109 Å². The largest absolute Gasteiger partial charge is 0.461 e. The van der Waals surface area contributed by atoms with Gasteiger partial charge in [0.25, 0.3) is 0 Å². The molecule has 0 aromatic carbocycles. The van der Waals surface area contributed by atoms with Crippen LogP contribution in [-0.2, 0) is 14.3 Å². The molecule has 0 spiro atoms. The summed E-state index contributed by atoms with van der Waals surface area (Å²) in [5, 5.41) is 0. The molecule has 0 aliphatic heterocycles. The second-order valence-electron chi connectivity index (χ2n) is 9.04. The molecule has 0 unspecified atom stereocenters. The monoisotopic (exact) mass is 436 g/mol. The Hall–Kier alpha value is -1.12. The molecule has 31 heavy (non-hydrogen) atoms. The van der Waals surface area contributed by atoms with E-state index in [0.29, 0.717) is 18.8 Å². The molecule has 0 aliphatic carbocycles. The van der Waals surface area contributed by atoms with Gasteiger partial charge < -0.3 is 4.74 Å². The Morgan fingerprint density at radius 3 is 1.55 bits per heavy atom. The van der Waals surface area contributed by atoms with Crippen molar-refractivity contribution in [1.29, 1.82) is 0 Å². The van der Waals surface area contributed by atoms with Crippen LogP contribution in [0.3, 0.4) is 0 Å². The second-order valence-corrected chi connectivity index (χ2v) is 9.04. The van der Waals surface area contributed by atoms with Gasteiger partial charge in [0.05, 0.1) is 0 Å². The van der Waals surface area contributed by atoms with Crippen molar-refractivity contribution < 1.29 is 14.3 Å². The molecular weight excluding hydrogens is 384 g/mol. The average Bonchev–Trinajstić information content (AvgIpc) is 2.76. The van der Waals surface area contributed by atoms with E-state index >= 15 is 0 Å². The van der Waals surface area contributed by atoms with Crippen molar-refractivity contribution in [3.8, 4) is 0 Å². The molecule has 3 nitrogen and oxygen atoms in total. The van der Waals surface area contributed by atoms with E-state index in [1.807, 2.05) is 6.08 Å². The van der Waals surface area contributed by atoms with E-state index in [9.17, 15) is 9.59 Å². The van der Waals surface area contributed by atoms with Crippen molar-refractivity contribution in [2.75, 3.05) is 6.61 Å². The van der Waals surface area contributed by atoms with E-state index in [2.05, 4.69) is 19.9 Å². The quantitative estimate of drug-likeness (QED) is 0.0861. The zero-order valence-electron chi connectivity index (χ0n) is 20.9. The maximum atomic E-state index is 11.9. The van der Waals surface area contributed by atoms with Crippen molar-refractivity contribution >= 4 is 11.8 Å². The van der Waals surface area contributed by atoms with Gasteiger partial charge in [0, 0.05) is 19.3 Å². The van der Waals surface area contributed by atoms with Gasteiger partial charge >= 0.3 is 5.97 Å². The number of carbonyl (C=O) groups excluding carboxylic acids is 2. The Bertz CT molecular complexity index is 428. The topological polar surface area (TPSA) is 43.4 Å². The zero-order valence-corrected chi connectivity index (χ0v) is 20.9. The van der Waals surface area contributed by atoms with Crippen LogP contribution < -0.4 is 0 Å². The highest BCUT2D eigenvalue weighted by molar-refractivity contribution is 5.78. The fourth-order valence-corrected chi connectivity index (χ4v) is 3.79. The molecule has 0 amide bonds. The Labute approximate surface area is 193 Å². The first kappa shape index (κ1) is 29.9. The smallest absolute Gasteiger partial charge is 0.306 e. The summed E-state index contributed by atoms with van der Waals surface area (Å²) in [5.41, 5.74) is 0. The van der Waals surface area contributed by atoms with Gasteiger partial charge in [-0.05, 0) is 32.1 Å². The van der Waals surface area contributed by atoms with Crippen molar-refractivity contribution in [3.05, 3.63) is 12.2 Å². The first-order chi connectivity index (χ1) is 15.2. The maximum Gasteiger partial charge on any atom is 0.306 e. The maximum absolute atomic E-state index is 11.9. The molecule has 0 radical (unpaired) electrons. The summed E-state index contributed by atoms with van der Waals surface area (Å²) in [6.07, 6.45) is 27.7. The lowest BCUT2D eigenvalue weighted by Gasteiger charge is -2.04. The van der Waals surface area contributed by atoms with Crippen LogP contribution >= 0.6 is 0 Å². The van der Waals surface area contributed by atoms with E-state index in [0.717, 1.165) is 57.8 Å². The van der Waals surface area contributed by atoms with E-state index in [4.69, 9.17) is 4.74 Å². The van der Waals surface area contributed by atoms with Gasteiger partial charge in [-0.3, -0.25) is 9.59 Å². The summed E-state index contributed by atoms with van der Waals surface area (Å²) in [4.78, 5) is 23.6. The highest BCUT2D eigenvalue weighted by Gasteiger charge is 2.03. The first-order valence-electron chi connectivity index (χ1n) is 13.5. The Morgan fingerprint density at radius 1 is 0.548 bits per heavy atom. The number of ketones is 1. The van der Waals surface area contributed by atoms with Crippen LogP contribution in [0.4, 0.5) is 0 Å². The summed E-state index contributed by atoms with van der Waals surface area (Å²) in [7, 11) is 0. The van der Waals surface area contributed by atoms with Crippen LogP contribution in [0.1, 0.15) is 149 Å². The highest BCUT2D eigenvalue weighted by Crippen LogP contribution is 2.12. The lowest BCUT2D eigenvalue weighted by atomic mass is 10.0. The summed E-state index contributed by atoms with van der Waals surface area (Å²) >= 11 is 0. The van der Waals surface area contributed by atoms with Gasteiger partial charge in [-0.2, -0.15) is 0 Å². The Morgan fingerprint density at radius 2 is 1.00 bits per heavy atom. The second kappa shape index (κ2) is 25.1. The van der Waals surface area contributed by atoms with Crippen molar-refractivity contribution in [1.82, 2.24) is 0 Å². The number of allylic oxidation sites excluding steroid dienone is 1. The molecule has 182 valence electrons. The molecule has 0 aliphatic rings. The van der Waals surface area contributed by atoms with Crippen molar-refractivity contribution in [3.63, 3.8) is 0 Å². The fourth-order valence-electron chi connectivity index (χ4n) is 3.79. The number of hydrogen-bond donors (Lipinski definition) is 0. The molecule has 0 N–H and O–H groups in total. The SMILES string of the molecule is CCCCCC/C=C\COC(=O)CCCCCCCCC(=O)CCCCCCCCC. The standard InChI is InChI=1S/C28H52O3/c1-3-5-7-9-11-15-19-23-27(29)24-20-16-12-13-17-21-25-28(30)31-26-22-18-14-10-8-6-4-2/h18,22H,3-17,19-21,23-26H2,1-2H3/b22-18-.